The van der Waals surface area contributed by atoms with Gasteiger partial charge in [-0.2, -0.15) is 0 Å². The van der Waals surface area contributed by atoms with Crippen molar-refractivity contribution in [3.8, 4) is 0 Å². The van der Waals surface area contributed by atoms with Gasteiger partial charge in [0.2, 0.25) is 5.91 Å². The van der Waals surface area contributed by atoms with E-state index in [0.717, 1.165) is 28.2 Å². The number of hydrogen-bond donors (Lipinski definition) is 3. The highest BCUT2D eigenvalue weighted by molar-refractivity contribution is 7.80. The standard InChI is InChI=1S/C25H33N3O6S/c1-3-27(4-2)16-14-24(29)26-15-8-7-10-21(25(30)31)28(35(32)33)18-12-13-23-20(17-18)19-9-5-6-11-22(19)34-23/h5-6,9,11-13,17,21H,3-4,7-8,10,14-16H2,1-2H3,(H,26,29)(H,30,31)(H,32,33). The van der Waals surface area contributed by atoms with Crippen molar-refractivity contribution in [1.82, 2.24) is 10.2 Å². The third kappa shape index (κ3) is 6.81. The van der Waals surface area contributed by atoms with Crippen LogP contribution in [0.5, 0.6) is 0 Å². The number of nitrogens with zero attached hydrogens (tertiary/aromatic N) is 2. The number of amides is 1. The van der Waals surface area contributed by atoms with Crippen LogP contribution < -0.4 is 9.62 Å². The minimum Gasteiger partial charge on any atom is -0.480 e. The van der Waals surface area contributed by atoms with E-state index >= 15 is 0 Å². The van der Waals surface area contributed by atoms with Crippen molar-refractivity contribution in [3.63, 3.8) is 0 Å². The van der Waals surface area contributed by atoms with Crippen LogP contribution in [0.4, 0.5) is 5.69 Å². The lowest BCUT2D eigenvalue weighted by Crippen LogP contribution is -2.42. The topological polar surface area (TPSA) is 123 Å². The van der Waals surface area contributed by atoms with Crippen molar-refractivity contribution in [2.45, 2.75) is 45.6 Å². The second-order valence-electron chi connectivity index (χ2n) is 8.31. The van der Waals surface area contributed by atoms with Gasteiger partial charge < -0.3 is 19.7 Å². The number of furan rings is 1. The lowest BCUT2D eigenvalue weighted by Gasteiger charge is -2.27. The van der Waals surface area contributed by atoms with Crippen molar-refractivity contribution >= 4 is 50.8 Å². The molecule has 0 fully saturated rings. The first kappa shape index (κ1) is 26.7. The fourth-order valence-electron chi connectivity index (χ4n) is 4.15. The van der Waals surface area contributed by atoms with Crippen molar-refractivity contribution < 1.29 is 27.9 Å². The number of benzene rings is 2. The summed E-state index contributed by atoms with van der Waals surface area (Å²) >= 11 is -2.55. The molecular formula is C25H33N3O6S. The monoisotopic (exact) mass is 503 g/mol. The molecule has 0 bridgehead atoms. The Morgan fingerprint density at radius 2 is 1.77 bits per heavy atom. The Balaban J connectivity index is 1.63. The summed E-state index contributed by atoms with van der Waals surface area (Å²) in [6.07, 6.45) is 1.61. The van der Waals surface area contributed by atoms with Crippen molar-refractivity contribution in [2.24, 2.45) is 0 Å². The highest BCUT2D eigenvalue weighted by Crippen LogP contribution is 2.33. The van der Waals surface area contributed by atoms with Gasteiger partial charge in [-0.1, -0.05) is 32.0 Å². The van der Waals surface area contributed by atoms with E-state index in [4.69, 9.17) is 4.42 Å². The smallest absolute Gasteiger partial charge is 0.327 e. The second kappa shape index (κ2) is 12.7. The van der Waals surface area contributed by atoms with Gasteiger partial charge in [0.15, 0.2) is 0 Å². The molecular weight excluding hydrogens is 470 g/mol. The Hall–Kier alpha value is -2.95. The van der Waals surface area contributed by atoms with E-state index in [1.807, 2.05) is 24.3 Å². The minimum absolute atomic E-state index is 0.0367. The molecule has 2 unspecified atom stereocenters. The molecule has 0 aliphatic heterocycles. The van der Waals surface area contributed by atoms with Gasteiger partial charge in [0.05, 0.1) is 5.69 Å². The highest BCUT2D eigenvalue weighted by atomic mass is 32.2. The zero-order valence-corrected chi connectivity index (χ0v) is 20.9. The highest BCUT2D eigenvalue weighted by Gasteiger charge is 2.30. The summed E-state index contributed by atoms with van der Waals surface area (Å²) in [4.78, 5) is 26.2. The van der Waals surface area contributed by atoms with Gasteiger partial charge in [-0.15, -0.1) is 0 Å². The van der Waals surface area contributed by atoms with Gasteiger partial charge in [0.1, 0.15) is 17.2 Å². The molecule has 190 valence electrons. The molecule has 3 aromatic rings. The molecule has 1 heterocycles. The summed E-state index contributed by atoms with van der Waals surface area (Å²) < 4.78 is 29.0. The summed E-state index contributed by atoms with van der Waals surface area (Å²) in [5.74, 6) is -1.22. The Labute approximate surface area is 207 Å². The third-order valence-electron chi connectivity index (χ3n) is 6.13. The normalized spacial score (nSPS) is 13.3. The quantitative estimate of drug-likeness (QED) is 0.224. The molecule has 3 rings (SSSR count). The van der Waals surface area contributed by atoms with E-state index in [1.165, 1.54) is 0 Å². The van der Waals surface area contributed by atoms with Crippen LogP contribution in [0.15, 0.2) is 46.9 Å². The maximum atomic E-state index is 12.2. The number of hydrogen-bond acceptors (Lipinski definition) is 5. The first-order chi connectivity index (χ1) is 16.8. The van der Waals surface area contributed by atoms with E-state index in [-0.39, 0.29) is 12.3 Å². The summed E-state index contributed by atoms with van der Waals surface area (Å²) in [5.41, 5.74) is 1.62. The van der Waals surface area contributed by atoms with Crippen LogP contribution in [-0.2, 0) is 20.9 Å². The van der Waals surface area contributed by atoms with E-state index in [0.29, 0.717) is 49.2 Å². The maximum absolute atomic E-state index is 12.2. The third-order valence-corrected chi connectivity index (χ3v) is 6.93. The van der Waals surface area contributed by atoms with Gasteiger partial charge in [0, 0.05) is 30.3 Å². The lowest BCUT2D eigenvalue weighted by molar-refractivity contribution is -0.138. The second-order valence-corrected chi connectivity index (χ2v) is 9.17. The summed E-state index contributed by atoms with van der Waals surface area (Å²) in [7, 11) is 0. The number of aliphatic carboxylic acids is 1. The van der Waals surface area contributed by atoms with Crippen LogP contribution in [0, 0.1) is 0 Å². The maximum Gasteiger partial charge on any atom is 0.327 e. The van der Waals surface area contributed by atoms with Gasteiger partial charge >= 0.3 is 5.97 Å². The van der Waals surface area contributed by atoms with Gasteiger partial charge in [-0.25, -0.2) is 9.00 Å². The van der Waals surface area contributed by atoms with Crippen LogP contribution >= 0.6 is 0 Å². The van der Waals surface area contributed by atoms with Gasteiger partial charge in [-0.3, -0.25) is 13.7 Å². The molecule has 1 amide bonds. The largest absolute Gasteiger partial charge is 0.480 e. The summed E-state index contributed by atoms with van der Waals surface area (Å²) in [5, 5.41) is 14.3. The molecule has 0 aliphatic carbocycles. The molecule has 0 aliphatic rings. The molecule has 0 saturated heterocycles. The van der Waals surface area contributed by atoms with Crippen LogP contribution in [0.3, 0.4) is 0 Å². The fraction of sp³-hybridized carbons (Fsp3) is 0.440. The number of para-hydroxylation sites is 1. The number of carbonyl (C=O) groups is 2. The van der Waals surface area contributed by atoms with E-state index in [2.05, 4.69) is 24.1 Å². The van der Waals surface area contributed by atoms with Gasteiger partial charge in [-0.05, 0) is 56.6 Å². The Morgan fingerprint density at radius 1 is 1.06 bits per heavy atom. The van der Waals surface area contributed by atoms with Crippen molar-refractivity contribution in [1.29, 1.82) is 0 Å². The Kier molecular flexibility index (Phi) is 9.64. The zero-order valence-electron chi connectivity index (χ0n) is 20.1. The molecule has 2 aromatic carbocycles. The van der Waals surface area contributed by atoms with Gasteiger partial charge in [0.25, 0.3) is 11.3 Å². The molecule has 0 saturated carbocycles. The number of carbonyl (C=O) groups excluding carboxylic acids is 1. The zero-order chi connectivity index (χ0) is 25.4. The van der Waals surface area contributed by atoms with E-state index in [9.17, 15) is 23.5 Å². The number of fused-ring (bicyclic) bond motifs is 3. The fourth-order valence-corrected chi connectivity index (χ4v) is 4.86. The Bertz CT molecular complexity index is 1180. The van der Waals surface area contributed by atoms with E-state index < -0.39 is 23.3 Å². The van der Waals surface area contributed by atoms with Crippen LogP contribution in [0.25, 0.3) is 21.9 Å². The molecule has 35 heavy (non-hydrogen) atoms. The predicted octanol–water partition coefficient (Wildman–Crippen LogP) is 4.00. The number of anilines is 1. The van der Waals surface area contributed by atoms with Crippen molar-refractivity contribution in [2.75, 3.05) is 30.5 Å². The summed E-state index contributed by atoms with van der Waals surface area (Å²) in [6.45, 7) is 7.03. The minimum atomic E-state index is -2.55. The molecule has 2 atom stereocenters. The predicted molar refractivity (Wildman–Crippen MR) is 138 cm³/mol. The molecule has 0 radical (unpaired) electrons. The first-order valence-corrected chi connectivity index (χ1v) is 12.9. The number of nitrogens with one attached hydrogen (secondary N) is 1. The number of rotatable bonds is 14. The molecule has 3 N–H and O–H groups in total. The average Bonchev–Trinajstić information content (AvgIpc) is 3.21. The van der Waals surface area contributed by atoms with Crippen LogP contribution in [0.1, 0.15) is 39.5 Å². The number of carboxylic acids is 1. The molecule has 9 nitrogen and oxygen atoms in total. The average molecular weight is 504 g/mol. The van der Waals surface area contributed by atoms with Crippen LogP contribution in [0.2, 0.25) is 0 Å². The van der Waals surface area contributed by atoms with Crippen molar-refractivity contribution in [3.05, 3.63) is 42.5 Å². The Morgan fingerprint density at radius 3 is 2.46 bits per heavy atom. The SMILES string of the molecule is CCN(CC)CCC(=O)NCCCCC(C(=O)O)N(c1ccc2oc3ccccc3c2c1)S(=O)O. The number of carboxylic acid groups (broad SMARTS) is 1. The van der Waals surface area contributed by atoms with Crippen LogP contribution in [-0.4, -0.2) is 62.9 Å². The molecule has 0 spiro atoms. The molecule has 10 heteroatoms. The number of unbranched alkanes of at least 4 members (excludes halogenated alkanes) is 1. The summed E-state index contributed by atoms with van der Waals surface area (Å²) in [6, 6.07) is 11.2. The lowest BCUT2D eigenvalue weighted by atomic mass is 10.1. The molecule has 1 aromatic heterocycles. The van der Waals surface area contributed by atoms with E-state index in [1.54, 1.807) is 18.2 Å². The first-order valence-electron chi connectivity index (χ1n) is 11.9.